The van der Waals surface area contributed by atoms with Crippen LogP contribution in [0.5, 0.6) is 0 Å². The van der Waals surface area contributed by atoms with Gasteiger partial charge in [-0.05, 0) is 50.4 Å². The Morgan fingerprint density at radius 2 is 2.06 bits per heavy atom. The van der Waals surface area contributed by atoms with Gasteiger partial charge in [-0.3, -0.25) is 0 Å². The van der Waals surface area contributed by atoms with E-state index in [9.17, 15) is 0 Å². The van der Waals surface area contributed by atoms with Gasteiger partial charge in [0, 0.05) is 9.35 Å². The fourth-order valence-corrected chi connectivity index (χ4v) is 3.99. The summed E-state index contributed by atoms with van der Waals surface area (Å²) in [7, 11) is 0. The van der Waals surface area contributed by atoms with E-state index in [1.165, 1.54) is 4.88 Å². The van der Waals surface area contributed by atoms with Crippen molar-refractivity contribution >= 4 is 66.2 Å². The van der Waals surface area contributed by atoms with Gasteiger partial charge < -0.3 is 5.32 Å². The summed E-state index contributed by atoms with van der Waals surface area (Å²) in [5, 5.41) is 8.63. The van der Waals surface area contributed by atoms with E-state index in [4.69, 9.17) is 11.6 Å². The molecule has 3 nitrogen and oxygen atoms in total. The molecular weight excluding hydrogens is 354 g/mol. The molecule has 0 bridgehead atoms. The van der Waals surface area contributed by atoms with Gasteiger partial charge in [0.05, 0.1) is 11.9 Å². The molecule has 18 heavy (non-hydrogen) atoms. The number of fused-ring (bicyclic) bond motifs is 1. The number of thiophene rings is 2. The lowest BCUT2D eigenvalue weighted by molar-refractivity contribution is 1.12. The Hall–Kier alpha value is -0.690. The summed E-state index contributed by atoms with van der Waals surface area (Å²) in [6, 6.07) is 4.04. The Kier molecular flexibility index (Phi) is 3.52. The molecule has 3 rings (SSSR count). The number of hydrogen-bond donors (Lipinski definition) is 1. The first-order valence-electron chi connectivity index (χ1n) is 5.10. The molecular formula is C11H7BrClN3S2. The van der Waals surface area contributed by atoms with Crippen LogP contribution in [0.3, 0.4) is 0 Å². The fraction of sp³-hybridized carbons (Fsp3) is 0.0909. The van der Waals surface area contributed by atoms with Crippen molar-refractivity contribution in [1.29, 1.82) is 0 Å². The van der Waals surface area contributed by atoms with Gasteiger partial charge in [0.25, 0.3) is 0 Å². The highest BCUT2D eigenvalue weighted by Crippen LogP contribution is 2.28. The van der Waals surface area contributed by atoms with Crippen LogP contribution in [-0.2, 0) is 6.54 Å². The van der Waals surface area contributed by atoms with Crippen LogP contribution in [0.25, 0.3) is 10.2 Å². The third kappa shape index (κ3) is 2.38. The van der Waals surface area contributed by atoms with Crippen LogP contribution in [0.4, 0.5) is 5.82 Å². The van der Waals surface area contributed by atoms with Crippen LogP contribution in [-0.4, -0.2) is 9.97 Å². The predicted molar refractivity (Wildman–Crippen MR) is 81.8 cm³/mol. The molecule has 0 radical (unpaired) electrons. The molecule has 7 heteroatoms. The first-order valence-corrected chi connectivity index (χ1v) is 8.03. The minimum atomic E-state index is 0.276. The van der Waals surface area contributed by atoms with Crippen molar-refractivity contribution in [3.8, 4) is 0 Å². The number of aromatic nitrogens is 2. The molecule has 0 aliphatic rings. The molecule has 0 amide bonds. The minimum Gasteiger partial charge on any atom is -0.364 e. The van der Waals surface area contributed by atoms with Crippen molar-refractivity contribution < 1.29 is 0 Å². The van der Waals surface area contributed by atoms with Crippen LogP contribution >= 0.6 is 50.2 Å². The number of nitrogens with one attached hydrogen (secondary N) is 1. The second kappa shape index (κ2) is 5.13. The monoisotopic (exact) mass is 359 g/mol. The quantitative estimate of drug-likeness (QED) is 0.683. The lowest BCUT2D eigenvalue weighted by Gasteiger charge is -2.06. The van der Waals surface area contributed by atoms with E-state index in [1.807, 2.05) is 22.9 Å². The molecule has 0 spiro atoms. The van der Waals surface area contributed by atoms with Crippen LogP contribution in [0.2, 0.25) is 5.28 Å². The Morgan fingerprint density at radius 3 is 2.83 bits per heavy atom. The Bertz CT molecular complexity index is 694. The van der Waals surface area contributed by atoms with Crippen LogP contribution in [0.15, 0.2) is 27.4 Å². The SMILES string of the molecule is Clc1nc(NCc2sccc2Br)c2ccsc2n1. The highest BCUT2D eigenvalue weighted by Gasteiger charge is 2.08. The first kappa shape index (κ1) is 12.3. The molecule has 3 heterocycles. The van der Waals surface area contributed by atoms with Crippen molar-refractivity contribution in [3.05, 3.63) is 37.5 Å². The topological polar surface area (TPSA) is 37.8 Å². The smallest absolute Gasteiger partial charge is 0.225 e. The van der Waals surface area contributed by atoms with E-state index < -0.39 is 0 Å². The fourth-order valence-electron chi connectivity index (χ4n) is 1.58. The lowest BCUT2D eigenvalue weighted by Crippen LogP contribution is -2.01. The highest BCUT2D eigenvalue weighted by atomic mass is 79.9. The van der Waals surface area contributed by atoms with E-state index in [2.05, 4.69) is 31.2 Å². The van der Waals surface area contributed by atoms with Crippen molar-refractivity contribution in [2.45, 2.75) is 6.54 Å². The van der Waals surface area contributed by atoms with Crippen molar-refractivity contribution in [1.82, 2.24) is 9.97 Å². The summed E-state index contributed by atoms with van der Waals surface area (Å²) in [5.74, 6) is 0.784. The third-order valence-electron chi connectivity index (χ3n) is 2.41. The largest absolute Gasteiger partial charge is 0.364 e. The highest BCUT2D eigenvalue weighted by molar-refractivity contribution is 9.10. The number of halogens is 2. The maximum absolute atomic E-state index is 5.91. The number of nitrogens with zero attached hydrogens (tertiary/aromatic N) is 2. The average Bonchev–Trinajstić information content (AvgIpc) is 2.94. The lowest BCUT2D eigenvalue weighted by atomic mass is 10.3. The Labute approximate surface area is 125 Å². The van der Waals surface area contributed by atoms with Gasteiger partial charge in [-0.25, -0.2) is 9.97 Å². The molecule has 0 saturated heterocycles. The van der Waals surface area contributed by atoms with E-state index in [-0.39, 0.29) is 5.28 Å². The molecule has 0 unspecified atom stereocenters. The van der Waals surface area contributed by atoms with Crippen molar-refractivity contribution in [2.24, 2.45) is 0 Å². The van der Waals surface area contributed by atoms with E-state index in [0.717, 1.165) is 27.1 Å². The standard InChI is InChI=1S/C11H7BrClN3S2/c12-7-2-4-17-8(7)5-14-9-6-1-3-18-10(6)16-11(13)15-9/h1-4H,5H2,(H,14,15,16). The van der Waals surface area contributed by atoms with Crippen molar-refractivity contribution in [3.63, 3.8) is 0 Å². The summed E-state index contributed by atoms with van der Waals surface area (Å²) in [4.78, 5) is 10.6. The number of anilines is 1. The average molecular weight is 361 g/mol. The summed E-state index contributed by atoms with van der Waals surface area (Å²) < 4.78 is 1.11. The molecule has 92 valence electrons. The van der Waals surface area contributed by atoms with Gasteiger partial charge in [0.1, 0.15) is 10.6 Å². The van der Waals surface area contributed by atoms with Gasteiger partial charge in [0.2, 0.25) is 5.28 Å². The zero-order chi connectivity index (χ0) is 12.5. The minimum absolute atomic E-state index is 0.276. The number of hydrogen-bond acceptors (Lipinski definition) is 5. The van der Waals surface area contributed by atoms with Gasteiger partial charge in [-0.15, -0.1) is 22.7 Å². The van der Waals surface area contributed by atoms with Crippen LogP contribution < -0.4 is 5.32 Å². The summed E-state index contributed by atoms with van der Waals surface area (Å²) in [6.45, 7) is 0.719. The van der Waals surface area contributed by atoms with Gasteiger partial charge in [0.15, 0.2) is 0 Å². The van der Waals surface area contributed by atoms with E-state index >= 15 is 0 Å². The predicted octanol–water partition coefficient (Wildman–Crippen LogP) is 4.78. The molecule has 0 aliphatic heterocycles. The second-order valence-corrected chi connectivity index (χ2v) is 6.61. The molecule has 0 atom stereocenters. The van der Waals surface area contributed by atoms with Crippen LogP contribution in [0.1, 0.15) is 4.88 Å². The molecule has 1 N–H and O–H groups in total. The van der Waals surface area contributed by atoms with Crippen molar-refractivity contribution in [2.75, 3.05) is 5.32 Å². The van der Waals surface area contributed by atoms with Gasteiger partial charge >= 0.3 is 0 Å². The summed E-state index contributed by atoms with van der Waals surface area (Å²) >= 11 is 12.7. The zero-order valence-electron chi connectivity index (χ0n) is 8.98. The molecule has 0 fully saturated rings. The molecule has 0 aromatic carbocycles. The Balaban J connectivity index is 1.90. The van der Waals surface area contributed by atoms with E-state index in [0.29, 0.717) is 0 Å². The number of rotatable bonds is 3. The maximum Gasteiger partial charge on any atom is 0.225 e. The van der Waals surface area contributed by atoms with E-state index in [1.54, 1.807) is 22.7 Å². The normalized spacial score (nSPS) is 11.0. The maximum atomic E-state index is 5.91. The molecule has 3 aromatic heterocycles. The van der Waals surface area contributed by atoms with Crippen LogP contribution in [0, 0.1) is 0 Å². The Morgan fingerprint density at radius 1 is 1.22 bits per heavy atom. The first-order chi connectivity index (χ1) is 8.74. The van der Waals surface area contributed by atoms with Gasteiger partial charge in [-0.2, -0.15) is 0 Å². The molecule has 0 aliphatic carbocycles. The van der Waals surface area contributed by atoms with Gasteiger partial charge in [-0.1, -0.05) is 0 Å². The summed E-state index contributed by atoms with van der Waals surface area (Å²) in [6.07, 6.45) is 0. The third-order valence-corrected chi connectivity index (χ3v) is 5.31. The molecule has 0 saturated carbocycles. The molecule has 3 aromatic rings. The summed E-state index contributed by atoms with van der Waals surface area (Å²) in [5.41, 5.74) is 0. The second-order valence-electron chi connectivity index (χ2n) is 3.53. The zero-order valence-corrected chi connectivity index (χ0v) is 13.0.